The summed E-state index contributed by atoms with van der Waals surface area (Å²) in [4.78, 5) is 4.87. The molecule has 26 heavy (non-hydrogen) atoms. The molecule has 2 aromatic carbocycles. The molecule has 2 aliphatic heterocycles. The van der Waals surface area contributed by atoms with E-state index in [2.05, 4.69) is 41.1 Å². The second-order valence-electron chi connectivity index (χ2n) is 7.24. The van der Waals surface area contributed by atoms with E-state index in [1.165, 1.54) is 11.1 Å². The van der Waals surface area contributed by atoms with E-state index in [9.17, 15) is 0 Å². The summed E-state index contributed by atoms with van der Waals surface area (Å²) in [6, 6.07) is 14.4. The van der Waals surface area contributed by atoms with Crippen LogP contribution in [0.25, 0.3) is 0 Å². The predicted octanol–water partition coefficient (Wildman–Crippen LogP) is 2.49. The molecule has 1 saturated heterocycles. The van der Waals surface area contributed by atoms with Gasteiger partial charge in [0.1, 0.15) is 23.4 Å². The van der Waals surface area contributed by atoms with Crippen LogP contribution in [0.3, 0.4) is 0 Å². The van der Waals surface area contributed by atoms with Crippen LogP contribution in [-0.4, -0.2) is 55.7 Å². The number of likely N-dealkylation sites (N-methyl/N-ethyl adjacent to an activating group) is 1. The van der Waals surface area contributed by atoms with Crippen molar-refractivity contribution < 1.29 is 9.47 Å². The molecule has 0 aliphatic carbocycles. The van der Waals surface area contributed by atoms with Crippen molar-refractivity contribution in [2.75, 3.05) is 39.8 Å². The maximum Gasteiger partial charge on any atom is 0.131 e. The van der Waals surface area contributed by atoms with Crippen LogP contribution in [-0.2, 0) is 13.0 Å². The number of fused-ring (bicyclic) bond motifs is 1. The molecule has 0 spiro atoms. The van der Waals surface area contributed by atoms with Gasteiger partial charge < -0.3 is 20.1 Å². The van der Waals surface area contributed by atoms with Gasteiger partial charge in [-0.1, -0.05) is 18.2 Å². The van der Waals surface area contributed by atoms with Gasteiger partial charge in [0.25, 0.3) is 0 Å². The molecule has 0 amide bonds. The van der Waals surface area contributed by atoms with Crippen LogP contribution in [0.15, 0.2) is 42.5 Å². The van der Waals surface area contributed by atoms with Gasteiger partial charge in [-0.25, -0.2) is 0 Å². The van der Waals surface area contributed by atoms with E-state index in [0.29, 0.717) is 6.54 Å². The van der Waals surface area contributed by atoms with Gasteiger partial charge in [0, 0.05) is 56.8 Å². The predicted molar refractivity (Wildman–Crippen MR) is 103 cm³/mol. The van der Waals surface area contributed by atoms with E-state index in [0.717, 1.165) is 56.4 Å². The summed E-state index contributed by atoms with van der Waals surface area (Å²) >= 11 is 0. The van der Waals surface area contributed by atoms with Gasteiger partial charge in [0.15, 0.2) is 0 Å². The molecule has 5 heteroatoms. The molecule has 2 N–H and O–H groups in total. The Kier molecular flexibility index (Phi) is 5.11. The molecule has 4 rings (SSSR count). The number of nitrogens with zero attached hydrogens (tertiary/aromatic N) is 2. The van der Waals surface area contributed by atoms with Crippen molar-refractivity contribution in [3.8, 4) is 17.2 Å². The fourth-order valence-corrected chi connectivity index (χ4v) is 3.60. The lowest BCUT2D eigenvalue weighted by Crippen LogP contribution is -2.43. The van der Waals surface area contributed by atoms with Crippen molar-refractivity contribution in [3.63, 3.8) is 0 Å². The molecule has 138 valence electrons. The fraction of sp³-hybridized carbons (Fsp3) is 0.429. The highest BCUT2D eigenvalue weighted by atomic mass is 16.5. The molecule has 0 saturated carbocycles. The van der Waals surface area contributed by atoms with Crippen LogP contribution >= 0.6 is 0 Å². The van der Waals surface area contributed by atoms with Gasteiger partial charge in [-0.2, -0.15) is 0 Å². The van der Waals surface area contributed by atoms with Crippen LogP contribution in [0.1, 0.15) is 11.1 Å². The fourth-order valence-electron chi connectivity index (χ4n) is 3.60. The molecule has 2 aliphatic rings. The van der Waals surface area contributed by atoms with Gasteiger partial charge in [0.05, 0.1) is 0 Å². The van der Waals surface area contributed by atoms with Crippen molar-refractivity contribution in [3.05, 3.63) is 53.6 Å². The van der Waals surface area contributed by atoms with E-state index in [4.69, 9.17) is 15.2 Å². The molecule has 5 nitrogen and oxygen atoms in total. The zero-order chi connectivity index (χ0) is 17.9. The SMILES string of the molecule is CN1CCN(Cc2ccccc2Oc2ccc3c(c2)CC(CN)O3)CC1. The molecule has 0 radical (unpaired) electrons. The van der Waals surface area contributed by atoms with E-state index in [1.807, 2.05) is 18.2 Å². The third-order valence-corrected chi connectivity index (χ3v) is 5.23. The minimum absolute atomic E-state index is 0.0877. The lowest BCUT2D eigenvalue weighted by Gasteiger charge is -2.32. The van der Waals surface area contributed by atoms with Crippen molar-refractivity contribution >= 4 is 0 Å². The largest absolute Gasteiger partial charge is 0.488 e. The van der Waals surface area contributed by atoms with Gasteiger partial charge in [-0.15, -0.1) is 0 Å². The van der Waals surface area contributed by atoms with E-state index < -0.39 is 0 Å². The van der Waals surface area contributed by atoms with Gasteiger partial charge in [-0.05, 0) is 31.3 Å². The van der Waals surface area contributed by atoms with Crippen LogP contribution < -0.4 is 15.2 Å². The molecule has 1 atom stereocenters. The maximum atomic E-state index is 6.24. The zero-order valence-electron chi connectivity index (χ0n) is 15.4. The summed E-state index contributed by atoms with van der Waals surface area (Å²) in [6.07, 6.45) is 0.941. The second-order valence-corrected chi connectivity index (χ2v) is 7.24. The summed E-state index contributed by atoms with van der Waals surface area (Å²) in [5, 5.41) is 0. The van der Waals surface area contributed by atoms with E-state index in [-0.39, 0.29) is 6.10 Å². The van der Waals surface area contributed by atoms with Crippen LogP contribution in [0.4, 0.5) is 0 Å². The van der Waals surface area contributed by atoms with Crippen LogP contribution in [0.5, 0.6) is 17.2 Å². The Morgan fingerprint density at radius 2 is 1.92 bits per heavy atom. The number of ether oxygens (including phenoxy) is 2. The van der Waals surface area contributed by atoms with Crippen molar-refractivity contribution in [1.29, 1.82) is 0 Å². The average Bonchev–Trinajstić information content (AvgIpc) is 3.08. The first-order valence-corrected chi connectivity index (χ1v) is 9.37. The minimum Gasteiger partial charge on any atom is -0.488 e. The highest BCUT2D eigenvalue weighted by molar-refractivity contribution is 5.45. The first-order chi connectivity index (χ1) is 12.7. The number of piperazine rings is 1. The molecule has 0 bridgehead atoms. The zero-order valence-corrected chi connectivity index (χ0v) is 15.4. The summed E-state index contributed by atoms with van der Waals surface area (Å²) in [5.41, 5.74) is 8.13. The topological polar surface area (TPSA) is 51.0 Å². The monoisotopic (exact) mass is 353 g/mol. The number of para-hydroxylation sites is 1. The average molecular weight is 353 g/mol. The standard InChI is InChI=1S/C21H27N3O2/c1-23-8-10-24(11-9-23)15-16-4-2-3-5-20(16)25-18-6-7-21-17(12-18)13-19(14-22)26-21/h2-7,12,19H,8-11,13-15,22H2,1H3. The number of rotatable bonds is 5. The summed E-state index contributed by atoms with van der Waals surface area (Å²) in [7, 11) is 2.18. The van der Waals surface area contributed by atoms with E-state index in [1.54, 1.807) is 0 Å². The van der Waals surface area contributed by atoms with Crippen LogP contribution in [0.2, 0.25) is 0 Å². The Morgan fingerprint density at radius 1 is 1.12 bits per heavy atom. The lowest BCUT2D eigenvalue weighted by molar-refractivity contribution is 0.147. The maximum absolute atomic E-state index is 6.24. The van der Waals surface area contributed by atoms with Crippen molar-refractivity contribution in [1.82, 2.24) is 9.80 Å². The van der Waals surface area contributed by atoms with Crippen molar-refractivity contribution in [2.45, 2.75) is 19.1 Å². The molecular weight excluding hydrogens is 326 g/mol. The Morgan fingerprint density at radius 3 is 2.73 bits per heavy atom. The quantitative estimate of drug-likeness (QED) is 0.895. The van der Waals surface area contributed by atoms with Crippen LogP contribution in [0, 0.1) is 0 Å². The van der Waals surface area contributed by atoms with Gasteiger partial charge >= 0.3 is 0 Å². The molecule has 0 aromatic heterocycles. The Bertz CT molecular complexity index is 757. The number of hydrogen-bond acceptors (Lipinski definition) is 5. The highest BCUT2D eigenvalue weighted by Gasteiger charge is 2.22. The first kappa shape index (κ1) is 17.3. The first-order valence-electron chi connectivity index (χ1n) is 9.37. The lowest BCUT2D eigenvalue weighted by atomic mass is 10.1. The second kappa shape index (κ2) is 7.66. The summed E-state index contributed by atoms with van der Waals surface area (Å²) in [6.45, 7) is 5.90. The highest BCUT2D eigenvalue weighted by Crippen LogP contribution is 2.34. The smallest absolute Gasteiger partial charge is 0.131 e. The Balaban J connectivity index is 1.47. The summed E-state index contributed by atoms with van der Waals surface area (Å²) < 4.78 is 12.0. The number of hydrogen-bond donors (Lipinski definition) is 1. The molecule has 1 fully saturated rings. The molecule has 2 heterocycles. The third kappa shape index (κ3) is 3.85. The Labute approximate surface area is 155 Å². The number of benzene rings is 2. The third-order valence-electron chi connectivity index (χ3n) is 5.23. The van der Waals surface area contributed by atoms with Gasteiger partial charge in [0.2, 0.25) is 0 Å². The minimum atomic E-state index is 0.0877. The van der Waals surface area contributed by atoms with Gasteiger partial charge in [-0.3, -0.25) is 4.90 Å². The Hall–Kier alpha value is -2.08. The number of nitrogens with two attached hydrogens (primary N) is 1. The molecule has 2 aromatic rings. The molecular formula is C21H27N3O2. The van der Waals surface area contributed by atoms with E-state index >= 15 is 0 Å². The summed E-state index contributed by atoms with van der Waals surface area (Å²) in [5.74, 6) is 2.72. The normalized spacial score (nSPS) is 20.6. The van der Waals surface area contributed by atoms with Crippen molar-refractivity contribution in [2.24, 2.45) is 5.73 Å². The molecule has 1 unspecified atom stereocenters.